The van der Waals surface area contributed by atoms with Crippen LogP contribution in [0.4, 0.5) is 0 Å². The average Bonchev–Trinajstić information content (AvgIpc) is 2.94. The first-order chi connectivity index (χ1) is 9.06. The van der Waals surface area contributed by atoms with Crippen LogP contribution < -0.4 is 5.76 Å². The number of fused-ring (bicyclic) bond motifs is 1. The summed E-state index contributed by atoms with van der Waals surface area (Å²) in [5.74, 6) is -0.580. The normalized spacial score (nSPS) is 11.1. The van der Waals surface area contributed by atoms with E-state index in [9.17, 15) is 9.59 Å². The number of aromatic nitrogens is 1. The summed E-state index contributed by atoms with van der Waals surface area (Å²) in [6, 6.07) is 8.31. The highest BCUT2D eigenvalue weighted by molar-refractivity contribution is 7.18. The molecule has 0 unspecified atom stereocenters. The van der Waals surface area contributed by atoms with Crippen molar-refractivity contribution in [3.8, 4) is 0 Å². The molecule has 0 aliphatic carbocycles. The molecule has 0 spiro atoms. The Balaban J connectivity index is 2.11. The van der Waals surface area contributed by atoms with Gasteiger partial charge >= 0.3 is 5.76 Å². The molecule has 0 fully saturated rings. The number of hydrogen-bond donors (Lipinski definition) is 0. The molecule has 3 rings (SSSR count). The molecule has 0 bridgehead atoms. The van der Waals surface area contributed by atoms with E-state index in [0.29, 0.717) is 25.9 Å². The Morgan fingerprint density at radius 2 is 2.11 bits per heavy atom. The van der Waals surface area contributed by atoms with Crippen LogP contribution in [-0.2, 0) is 7.05 Å². The van der Waals surface area contributed by atoms with Gasteiger partial charge in [-0.2, -0.15) is 0 Å². The zero-order valence-corrected chi connectivity index (χ0v) is 11.4. The van der Waals surface area contributed by atoms with E-state index in [-0.39, 0.29) is 5.78 Å². The minimum Gasteiger partial charge on any atom is -0.408 e. The van der Waals surface area contributed by atoms with Crippen molar-refractivity contribution in [3.05, 3.63) is 55.7 Å². The minimum atomic E-state index is -0.446. The van der Waals surface area contributed by atoms with Crippen LogP contribution in [0.25, 0.3) is 11.1 Å². The number of thiophene rings is 1. The van der Waals surface area contributed by atoms with Gasteiger partial charge in [-0.3, -0.25) is 9.36 Å². The Bertz CT molecular complexity index is 843. The van der Waals surface area contributed by atoms with Crippen molar-refractivity contribution in [2.75, 3.05) is 0 Å². The van der Waals surface area contributed by atoms with Gasteiger partial charge in [-0.25, -0.2) is 4.79 Å². The van der Waals surface area contributed by atoms with Gasteiger partial charge in [-0.1, -0.05) is 11.6 Å². The first-order valence-corrected chi connectivity index (χ1v) is 6.65. The smallest absolute Gasteiger partial charge is 0.408 e. The average molecular weight is 294 g/mol. The Morgan fingerprint density at radius 3 is 2.79 bits per heavy atom. The van der Waals surface area contributed by atoms with Gasteiger partial charge in [0.25, 0.3) is 0 Å². The van der Waals surface area contributed by atoms with Crippen LogP contribution in [-0.4, -0.2) is 10.4 Å². The summed E-state index contributed by atoms with van der Waals surface area (Å²) in [5.41, 5.74) is 1.53. The number of hydrogen-bond acceptors (Lipinski definition) is 4. The van der Waals surface area contributed by atoms with Crippen LogP contribution >= 0.6 is 22.9 Å². The maximum absolute atomic E-state index is 12.2. The largest absolute Gasteiger partial charge is 0.419 e. The van der Waals surface area contributed by atoms with Gasteiger partial charge in [0, 0.05) is 12.6 Å². The number of carbonyl (C=O) groups is 1. The standard InChI is InChI=1S/C13H8ClNO3S/c1-15-8-3-2-7(6-9(8)18-13(15)17)12(16)10-4-5-11(14)19-10/h2-6H,1H3. The third-order valence-electron chi connectivity index (χ3n) is 2.85. The Hall–Kier alpha value is -1.85. The van der Waals surface area contributed by atoms with Crippen molar-refractivity contribution < 1.29 is 9.21 Å². The highest BCUT2D eigenvalue weighted by Gasteiger charge is 2.14. The summed E-state index contributed by atoms with van der Waals surface area (Å²) in [7, 11) is 1.62. The number of nitrogens with zero attached hydrogens (tertiary/aromatic N) is 1. The predicted octanol–water partition coefficient (Wildman–Crippen LogP) is 3.08. The van der Waals surface area contributed by atoms with Crippen molar-refractivity contribution in [3.63, 3.8) is 0 Å². The van der Waals surface area contributed by atoms with Crippen molar-refractivity contribution >= 4 is 39.8 Å². The van der Waals surface area contributed by atoms with Crippen molar-refractivity contribution in [1.29, 1.82) is 0 Å². The fraction of sp³-hybridized carbons (Fsp3) is 0.0769. The molecule has 96 valence electrons. The summed E-state index contributed by atoms with van der Waals surface area (Å²) < 4.78 is 7.02. The van der Waals surface area contributed by atoms with Crippen LogP contribution in [0.1, 0.15) is 15.2 Å². The summed E-state index contributed by atoms with van der Waals surface area (Å²) in [5, 5.41) is 0. The third kappa shape index (κ3) is 2.01. The molecule has 2 heterocycles. The molecule has 0 N–H and O–H groups in total. The van der Waals surface area contributed by atoms with Crippen molar-refractivity contribution in [1.82, 2.24) is 4.57 Å². The van der Waals surface area contributed by atoms with Gasteiger partial charge in [0.05, 0.1) is 14.7 Å². The second kappa shape index (κ2) is 4.36. The third-order valence-corrected chi connectivity index (χ3v) is 4.08. The number of benzene rings is 1. The fourth-order valence-electron chi connectivity index (χ4n) is 1.85. The maximum atomic E-state index is 12.2. The van der Waals surface area contributed by atoms with Gasteiger partial charge in [0.1, 0.15) is 0 Å². The van der Waals surface area contributed by atoms with E-state index >= 15 is 0 Å². The zero-order chi connectivity index (χ0) is 13.6. The summed E-state index contributed by atoms with van der Waals surface area (Å²) in [6.07, 6.45) is 0. The first-order valence-electron chi connectivity index (χ1n) is 5.46. The first kappa shape index (κ1) is 12.2. The molecule has 3 aromatic rings. The summed E-state index contributed by atoms with van der Waals surface area (Å²) >= 11 is 7.04. The molecule has 0 aliphatic heterocycles. The second-order valence-corrected chi connectivity index (χ2v) is 5.76. The molecule has 0 amide bonds. The molecule has 0 saturated heterocycles. The van der Waals surface area contributed by atoms with Crippen molar-refractivity contribution in [2.24, 2.45) is 7.05 Å². The van der Waals surface area contributed by atoms with Gasteiger partial charge in [-0.05, 0) is 30.3 Å². The number of oxazole rings is 1. The van der Waals surface area contributed by atoms with E-state index in [2.05, 4.69) is 0 Å². The molecule has 4 nitrogen and oxygen atoms in total. The fourth-order valence-corrected chi connectivity index (χ4v) is 2.86. The van der Waals surface area contributed by atoms with Crippen LogP contribution in [0.3, 0.4) is 0 Å². The molecule has 19 heavy (non-hydrogen) atoms. The zero-order valence-electron chi connectivity index (χ0n) is 9.84. The molecule has 6 heteroatoms. The van der Waals surface area contributed by atoms with Crippen LogP contribution in [0.2, 0.25) is 4.34 Å². The second-order valence-electron chi connectivity index (χ2n) is 4.04. The number of ketones is 1. The van der Waals surface area contributed by atoms with E-state index < -0.39 is 5.76 Å². The van der Waals surface area contributed by atoms with Gasteiger partial charge in [-0.15, -0.1) is 11.3 Å². The van der Waals surface area contributed by atoms with Crippen molar-refractivity contribution in [2.45, 2.75) is 0 Å². The molecule has 0 aliphatic rings. The van der Waals surface area contributed by atoms with E-state index in [1.807, 2.05) is 0 Å². The SMILES string of the molecule is Cn1c(=O)oc2cc(C(=O)c3ccc(Cl)s3)ccc21. The Labute approximate surface area is 116 Å². The lowest BCUT2D eigenvalue weighted by molar-refractivity contribution is 0.104. The molecule has 0 atom stereocenters. The molecule has 2 aromatic heterocycles. The molecular formula is C13H8ClNO3S. The molecule has 0 saturated carbocycles. The minimum absolute atomic E-state index is 0.134. The Kier molecular flexibility index (Phi) is 2.80. The van der Waals surface area contributed by atoms with Gasteiger partial charge in [0.2, 0.25) is 5.78 Å². The van der Waals surface area contributed by atoms with Crippen LogP contribution in [0.5, 0.6) is 0 Å². The number of rotatable bonds is 2. The van der Waals surface area contributed by atoms with Crippen LogP contribution in [0, 0.1) is 0 Å². The lowest BCUT2D eigenvalue weighted by Crippen LogP contribution is -2.08. The number of halogens is 1. The number of carbonyl (C=O) groups excluding carboxylic acids is 1. The molecule has 0 radical (unpaired) electrons. The van der Waals surface area contributed by atoms with E-state index in [1.54, 1.807) is 37.4 Å². The van der Waals surface area contributed by atoms with E-state index in [4.69, 9.17) is 16.0 Å². The van der Waals surface area contributed by atoms with E-state index in [0.717, 1.165) is 0 Å². The van der Waals surface area contributed by atoms with E-state index in [1.165, 1.54) is 15.9 Å². The monoisotopic (exact) mass is 293 g/mol. The maximum Gasteiger partial charge on any atom is 0.419 e. The highest BCUT2D eigenvalue weighted by atomic mass is 35.5. The lowest BCUT2D eigenvalue weighted by Gasteiger charge is -1.98. The van der Waals surface area contributed by atoms with Crippen LogP contribution in [0.15, 0.2) is 39.5 Å². The summed E-state index contributed by atoms with van der Waals surface area (Å²) in [4.78, 5) is 24.2. The Morgan fingerprint density at radius 1 is 1.32 bits per heavy atom. The highest BCUT2D eigenvalue weighted by Crippen LogP contribution is 2.25. The number of aryl methyl sites for hydroxylation is 1. The van der Waals surface area contributed by atoms with Gasteiger partial charge in [0.15, 0.2) is 5.58 Å². The predicted molar refractivity (Wildman–Crippen MR) is 74.2 cm³/mol. The molecule has 1 aromatic carbocycles. The topological polar surface area (TPSA) is 52.2 Å². The molecular weight excluding hydrogens is 286 g/mol. The lowest BCUT2D eigenvalue weighted by atomic mass is 10.1. The quantitative estimate of drug-likeness (QED) is 0.682. The summed E-state index contributed by atoms with van der Waals surface area (Å²) in [6.45, 7) is 0. The van der Waals surface area contributed by atoms with Gasteiger partial charge < -0.3 is 4.42 Å².